The predicted molar refractivity (Wildman–Crippen MR) is 50.3 cm³/mol. The average molecular weight is 234 g/mol. The molecule has 1 aromatic rings. The SMILES string of the molecule is CNCC(=O)c1csc(Br)c1. The molecule has 60 valence electrons. The Hall–Kier alpha value is -0.190. The molecule has 2 nitrogen and oxygen atoms in total. The number of rotatable bonds is 3. The minimum absolute atomic E-state index is 0.134. The van der Waals surface area contributed by atoms with Gasteiger partial charge in [-0.15, -0.1) is 11.3 Å². The first-order valence-electron chi connectivity index (χ1n) is 3.16. The minimum Gasteiger partial charge on any atom is -0.313 e. The summed E-state index contributed by atoms with van der Waals surface area (Å²) in [5.41, 5.74) is 0.774. The number of Topliss-reactive ketones (excluding diaryl/α,β-unsaturated/α-hetero) is 1. The van der Waals surface area contributed by atoms with Crippen molar-refractivity contribution in [2.24, 2.45) is 0 Å². The Morgan fingerprint density at radius 2 is 2.55 bits per heavy atom. The summed E-state index contributed by atoms with van der Waals surface area (Å²) in [5, 5.41) is 4.67. The van der Waals surface area contributed by atoms with Crippen molar-refractivity contribution in [3.63, 3.8) is 0 Å². The van der Waals surface area contributed by atoms with Crippen LogP contribution in [0.3, 0.4) is 0 Å². The lowest BCUT2D eigenvalue weighted by atomic mass is 10.2. The monoisotopic (exact) mass is 233 g/mol. The molecule has 1 rings (SSSR count). The van der Waals surface area contributed by atoms with E-state index in [-0.39, 0.29) is 5.78 Å². The Morgan fingerprint density at radius 1 is 1.82 bits per heavy atom. The van der Waals surface area contributed by atoms with Crippen molar-refractivity contribution in [3.05, 3.63) is 20.8 Å². The standard InChI is InChI=1S/C7H8BrNOS/c1-9-3-6(10)5-2-7(8)11-4-5/h2,4,9H,3H2,1H3. The lowest BCUT2D eigenvalue weighted by molar-refractivity contribution is 0.0994. The summed E-state index contributed by atoms with van der Waals surface area (Å²) in [6.07, 6.45) is 0. The number of hydrogen-bond donors (Lipinski definition) is 1. The first-order chi connectivity index (χ1) is 5.24. The summed E-state index contributed by atoms with van der Waals surface area (Å²) >= 11 is 4.82. The summed E-state index contributed by atoms with van der Waals surface area (Å²) < 4.78 is 0.997. The van der Waals surface area contributed by atoms with Crippen molar-refractivity contribution in [1.82, 2.24) is 5.32 Å². The fraction of sp³-hybridized carbons (Fsp3) is 0.286. The van der Waals surface area contributed by atoms with E-state index in [4.69, 9.17) is 0 Å². The number of ketones is 1. The summed E-state index contributed by atoms with van der Waals surface area (Å²) in [4.78, 5) is 11.2. The molecule has 0 fully saturated rings. The zero-order chi connectivity index (χ0) is 8.27. The third kappa shape index (κ3) is 2.39. The van der Waals surface area contributed by atoms with Gasteiger partial charge in [-0.3, -0.25) is 4.79 Å². The van der Waals surface area contributed by atoms with E-state index < -0.39 is 0 Å². The van der Waals surface area contributed by atoms with E-state index in [1.807, 2.05) is 11.4 Å². The van der Waals surface area contributed by atoms with Gasteiger partial charge >= 0.3 is 0 Å². The Bertz CT molecular complexity index is 259. The molecular formula is C7H8BrNOS. The van der Waals surface area contributed by atoms with E-state index in [2.05, 4.69) is 21.2 Å². The average Bonchev–Trinajstić information content (AvgIpc) is 2.36. The Kier molecular flexibility index (Phi) is 3.23. The molecule has 0 aliphatic carbocycles. The molecule has 1 N–H and O–H groups in total. The summed E-state index contributed by atoms with van der Waals surface area (Å²) in [7, 11) is 1.76. The van der Waals surface area contributed by atoms with Gasteiger partial charge in [-0.25, -0.2) is 0 Å². The fourth-order valence-corrected chi connectivity index (χ4v) is 1.88. The second-order valence-electron chi connectivity index (χ2n) is 2.09. The molecule has 0 radical (unpaired) electrons. The van der Waals surface area contributed by atoms with Crippen LogP contribution in [-0.2, 0) is 0 Å². The van der Waals surface area contributed by atoms with Crippen molar-refractivity contribution in [1.29, 1.82) is 0 Å². The van der Waals surface area contributed by atoms with Crippen LogP contribution in [0.25, 0.3) is 0 Å². The quantitative estimate of drug-likeness (QED) is 0.809. The second-order valence-corrected chi connectivity index (χ2v) is 4.38. The topological polar surface area (TPSA) is 29.1 Å². The first-order valence-corrected chi connectivity index (χ1v) is 4.83. The van der Waals surface area contributed by atoms with Crippen LogP contribution in [0.4, 0.5) is 0 Å². The molecule has 0 aliphatic heterocycles. The second kappa shape index (κ2) is 3.99. The van der Waals surface area contributed by atoms with Gasteiger partial charge in [0.25, 0.3) is 0 Å². The van der Waals surface area contributed by atoms with E-state index in [9.17, 15) is 4.79 Å². The Morgan fingerprint density at radius 3 is 3.00 bits per heavy atom. The van der Waals surface area contributed by atoms with Crippen LogP contribution in [0.15, 0.2) is 15.2 Å². The van der Waals surface area contributed by atoms with Gasteiger partial charge in [0.1, 0.15) is 0 Å². The molecule has 0 saturated heterocycles. The molecule has 1 aromatic heterocycles. The summed E-state index contributed by atoms with van der Waals surface area (Å²) in [6.45, 7) is 0.406. The zero-order valence-electron chi connectivity index (χ0n) is 6.06. The third-order valence-corrected chi connectivity index (χ3v) is 2.73. The molecule has 1 heterocycles. The van der Waals surface area contributed by atoms with Crippen molar-refractivity contribution in [2.75, 3.05) is 13.6 Å². The molecule has 4 heteroatoms. The van der Waals surface area contributed by atoms with E-state index >= 15 is 0 Å². The minimum atomic E-state index is 0.134. The molecular weight excluding hydrogens is 226 g/mol. The number of carbonyl (C=O) groups excluding carboxylic acids is 1. The van der Waals surface area contributed by atoms with Crippen LogP contribution in [0.2, 0.25) is 0 Å². The summed E-state index contributed by atoms with van der Waals surface area (Å²) in [6, 6.07) is 1.84. The lowest BCUT2D eigenvalue weighted by Crippen LogP contribution is -2.17. The van der Waals surface area contributed by atoms with Crippen LogP contribution >= 0.6 is 27.3 Å². The maximum Gasteiger partial charge on any atom is 0.177 e. The highest BCUT2D eigenvalue weighted by atomic mass is 79.9. The van der Waals surface area contributed by atoms with E-state index in [0.717, 1.165) is 9.35 Å². The molecule has 0 atom stereocenters. The number of nitrogens with one attached hydrogen (secondary N) is 1. The van der Waals surface area contributed by atoms with Crippen LogP contribution in [0, 0.1) is 0 Å². The van der Waals surface area contributed by atoms with Gasteiger partial charge in [0.05, 0.1) is 10.3 Å². The van der Waals surface area contributed by atoms with Crippen LogP contribution in [-0.4, -0.2) is 19.4 Å². The van der Waals surface area contributed by atoms with Crippen LogP contribution < -0.4 is 5.32 Å². The third-order valence-electron chi connectivity index (χ3n) is 1.23. The first kappa shape index (κ1) is 8.90. The number of carbonyl (C=O) groups is 1. The van der Waals surface area contributed by atoms with Gasteiger partial charge in [0.15, 0.2) is 5.78 Å². The number of hydrogen-bond acceptors (Lipinski definition) is 3. The maximum atomic E-state index is 11.2. The van der Waals surface area contributed by atoms with E-state index in [0.29, 0.717) is 6.54 Å². The molecule has 0 bridgehead atoms. The van der Waals surface area contributed by atoms with Gasteiger partial charge < -0.3 is 5.32 Å². The van der Waals surface area contributed by atoms with Crippen molar-refractivity contribution in [2.45, 2.75) is 0 Å². The largest absolute Gasteiger partial charge is 0.313 e. The zero-order valence-corrected chi connectivity index (χ0v) is 8.46. The lowest BCUT2D eigenvalue weighted by Gasteiger charge is -1.93. The number of likely N-dealkylation sites (N-methyl/N-ethyl adjacent to an activating group) is 1. The van der Waals surface area contributed by atoms with Gasteiger partial charge in [0.2, 0.25) is 0 Å². The number of halogens is 1. The van der Waals surface area contributed by atoms with Gasteiger partial charge in [-0.2, -0.15) is 0 Å². The van der Waals surface area contributed by atoms with Crippen LogP contribution in [0.1, 0.15) is 10.4 Å². The molecule has 0 aromatic carbocycles. The smallest absolute Gasteiger partial charge is 0.177 e. The van der Waals surface area contributed by atoms with Gasteiger partial charge in [0, 0.05) is 10.9 Å². The molecule has 0 aliphatic rings. The van der Waals surface area contributed by atoms with Gasteiger partial charge in [-0.1, -0.05) is 0 Å². The van der Waals surface area contributed by atoms with Crippen molar-refractivity contribution >= 4 is 33.0 Å². The highest BCUT2D eigenvalue weighted by molar-refractivity contribution is 9.11. The molecule has 11 heavy (non-hydrogen) atoms. The molecule has 0 amide bonds. The number of thiophene rings is 1. The van der Waals surface area contributed by atoms with Crippen molar-refractivity contribution < 1.29 is 4.79 Å². The molecule has 0 unspecified atom stereocenters. The summed E-state index contributed by atoms with van der Waals surface area (Å²) in [5.74, 6) is 0.134. The normalized spacial score (nSPS) is 10.0. The van der Waals surface area contributed by atoms with E-state index in [1.54, 1.807) is 7.05 Å². The Balaban J connectivity index is 2.69. The van der Waals surface area contributed by atoms with Crippen molar-refractivity contribution in [3.8, 4) is 0 Å². The molecule has 0 spiro atoms. The fourth-order valence-electron chi connectivity index (χ4n) is 0.719. The van der Waals surface area contributed by atoms with Gasteiger partial charge in [-0.05, 0) is 29.0 Å². The predicted octanol–water partition coefficient (Wildman–Crippen LogP) is 1.91. The Labute approximate surface area is 77.7 Å². The maximum absolute atomic E-state index is 11.2. The van der Waals surface area contributed by atoms with E-state index in [1.165, 1.54) is 11.3 Å². The highest BCUT2D eigenvalue weighted by Gasteiger charge is 2.05. The highest BCUT2D eigenvalue weighted by Crippen LogP contribution is 2.20. The molecule has 0 saturated carbocycles. The van der Waals surface area contributed by atoms with Crippen LogP contribution in [0.5, 0.6) is 0 Å².